The number of nitrogens with one attached hydrogen (secondary N) is 3. The summed E-state index contributed by atoms with van der Waals surface area (Å²) >= 11 is 12.1. The second-order valence-electron chi connectivity index (χ2n) is 14.7. The normalized spacial score (nSPS) is 12.6. The van der Waals surface area contributed by atoms with Gasteiger partial charge in [-0.1, -0.05) is 126 Å². The first-order valence-corrected chi connectivity index (χ1v) is 24.8. The van der Waals surface area contributed by atoms with E-state index in [9.17, 15) is 36.5 Å². The minimum atomic E-state index is -3.71. The summed E-state index contributed by atoms with van der Waals surface area (Å²) in [6, 6.07) is 42.9. The molecule has 0 fully saturated rings. The zero-order valence-electron chi connectivity index (χ0n) is 36.5. The fourth-order valence-electron chi connectivity index (χ4n) is 6.05. The first-order valence-electron chi connectivity index (χ1n) is 20.4. The van der Waals surface area contributed by atoms with Crippen molar-refractivity contribution >= 4 is 43.4 Å². The minimum Gasteiger partial charge on any atom is -0.497 e. The molecule has 18 heteroatoms. The van der Waals surface area contributed by atoms with E-state index in [2.05, 4.69) is 20.1 Å². The zero-order valence-corrected chi connectivity index (χ0v) is 39.6. The SMILES string of the molecule is COc1ccc(C(O)CNCc2ccccc2)c(Cl)c1.CS(=O)(=O)Oc1ccc(C(O)CNCc2ccccc2)c(F)c1.CS(=O)(=O)Oc1ccc(C(O)CNCc2ccccc2)cc1Cl. The molecule has 66 heavy (non-hydrogen) atoms. The van der Waals surface area contributed by atoms with Crippen molar-refractivity contribution in [2.24, 2.45) is 0 Å². The van der Waals surface area contributed by atoms with E-state index in [1.807, 2.05) is 91.0 Å². The third kappa shape index (κ3) is 19.8. The van der Waals surface area contributed by atoms with Gasteiger partial charge in [-0.05, 0) is 58.7 Å². The Morgan fingerprint density at radius 2 is 0.970 bits per heavy atom. The number of hydrogen-bond donors (Lipinski definition) is 6. The lowest BCUT2D eigenvalue weighted by molar-refractivity contribution is 0.169. The van der Waals surface area contributed by atoms with Crippen LogP contribution < -0.4 is 29.1 Å². The first kappa shape index (κ1) is 53.5. The third-order valence-corrected chi connectivity index (χ3v) is 10.9. The number of aliphatic hydroxyl groups is 3. The lowest BCUT2D eigenvalue weighted by Gasteiger charge is -2.14. The molecule has 6 N–H and O–H groups in total. The number of ether oxygens (including phenoxy) is 1. The maximum atomic E-state index is 14.0. The highest BCUT2D eigenvalue weighted by atomic mass is 35.5. The van der Waals surface area contributed by atoms with E-state index in [1.54, 1.807) is 31.4 Å². The van der Waals surface area contributed by atoms with Crippen molar-refractivity contribution < 1.29 is 49.6 Å². The number of hydrogen-bond acceptors (Lipinski definition) is 13. The van der Waals surface area contributed by atoms with E-state index < -0.39 is 44.4 Å². The van der Waals surface area contributed by atoms with Gasteiger partial charge in [-0.25, -0.2) is 4.39 Å². The molecule has 6 rings (SSSR count). The molecule has 6 aromatic carbocycles. The molecule has 0 radical (unpaired) electrons. The molecule has 0 amide bonds. The minimum absolute atomic E-state index is 0.0439. The summed E-state index contributed by atoms with van der Waals surface area (Å²) in [5.74, 6) is -0.121. The topological polar surface area (TPSA) is 193 Å². The van der Waals surface area contributed by atoms with Crippen LogP contribution in [-0.2, 0) is 39.9 Å². The van der Waals surface area contributed by atoms with Crippen LogP contribution in [0.1, 0.15) is 51.7 Å². The van der Waals surface area contributed by atoms with E-state index >= 15 is 0 Å². The molecule has 0 aliphatic carbocycles. The molecule has 13 nitrogen and oxygen atoms in total. The van der Waals surface area contributed by atoms with Gasteiger partial charge in [0.25, 0.3) is 0 Å². The van der Waals surface area contributed by atoms with Gasteiger partial charge in [0, 0.05) is 56.5 Å². The molecule has 0 spiro atoms. The Balaban J connectivity index is 0.000000217. The fourth-order valence-corrected chi connectivity index (χ4v) is 7.54. The maximum absolute atomic E-state index is 14.0. The van der Waals surface area contributed by atoms with E-state index in [0.29, 0.717) is 54.6 Å². The molecular weight excluding hydrogens is 933 g/mol. The molecule has 354 valence electrons. The van der Waals surface area contributed by atoms with E-state index in [4.69, 9.17) is 32.1 Å². The highest BCUT2D eigenvalue weighted by molar-refractivity contribution is 7.86. The summed E-state index contributed by atoms with van der Waals surface area (Å²) in [5.41, 5.74) is 4.71. The van der Waals surface area contributed by atoms with Crippen molar-refractivity contribution in [3.63, 3.8) is 0 Å². The van der Waals surface area contributed by atoms with Crippen LogP contribution in [0.25, 0.3) is 0 Å². The average molecular weight is 987 g/mol. The molecule has 0 aliphatic rings. The Morgan fingerprint density at radius 1 is 0.530 bits per heavy atom. The molecule has 0 aromatic heterocycles. The smallest absolute Gasteiger partial charge is 0.306 e. The van der Waals surface area contributed by atoms with Crippen LogP contribution in [0.5, 0.6) is 17.2 Å². The van der Waals surface area contributed by atoms with Gasteiger partial charge < -0.3 is 44.4 Å². The number of benzene rings is 6. The second-order valence-corrected chi connectivity index (χ2v) is 18.7. The number of aliphatic hydroxyl groups excluding tert-OH is 3. The highest BCUT2D eigenvalue weighted by Crippen LogP contribution is 2.29. The summed E-state index contributed by atoms with van der Waals surface area (Å²) in [4.78, 5) is 0. The van der Waals surface area contributed by atoms with Crippen LogP contribution in [0.3, 0.4) is 0 Å². The maximum Gasteiger partial charge on any atom is 0.306 e. The van der Waals surface area contributed by atoms with Gasteiger partial charge in [0.15, 0.2) is 5.75 Å². The molecule has 0 aliphatic heterocycles. The van der Waals surface area contributed by atoms with Gasteiger partial charge in [0.05, 0.1) is 48.0 Å². The summed E-state index contributed by atoms with van der Waals surface area (Å²) in [7, 11) is -5.76. The first-order chi connectivity index (χ1) is 31.4. The lowest BCUT2D eigenvalue weighted by Crippen LogP contribution is -2.21. The second kappa shape index (κ2) is 26.9. The summed E-state index contributed by atoms with van der Waals surface area (Å²) < 4.78 is 72.6. The fraction of sp³-hybridized carbons (Fsp3) is 0.250. The predicted octanol–water partition coefficient (Wildman–Crippen LogP) is 7.66. The number of halogens is 3. The van der Waals surface area contributed by atoms with Crippen molar-refractivity contribution in [2.45, 2.75) is 37.9 Å². The van der Waals surface area contributed by atoms with Crippen LogP contribution in [-0.4, -0.2) is 71.4 Å². The summed E-state index contributed by atoms with van der Waals surface area (Å²) in [6.07, 6.45) is -0.632. The molecule has 3 unspecified atom stereocenters. The summed E-state index contributed by atoms with van der Waals surface area (Å²) in [6.45, 7) is 2.86. The van der Waals surface area contributed by atoms with E-state index in [-0.39, 0.29) is 28.6 Å². The van der Waals surface area contributed by atoms with Crippen molar-refractivity contribution in [1.82, 2.24) is 16.0 Å². The highest BCUT2D eigenvalue weighted by Gasteiger charge is 2.16. The molecule has 0 heterocycles. The van der Waals surface area contributed by atoms with Gasteiger partial charge in [-0.15, -0.1) is 0 Å². The van der Waals surface area contributed by atoms with E-state index in [1.165, 1.54) is 29.8 Å². The van der Waals surface area contributed by atoms with Gasteiger partial charge in [0.1, 0.15) is 17.3 Å². The lowest BCUT2D eigenvalue weighted by atomic mass is 10.1. The van der Waals surface area contributed by atoms with Gasteiger partial charge in [-0.3, -0.25) is 0 Å². The molecule has 0 saturated carbocycles. The van der Waals surface area contributed by atoms with Crippen LogP contribution in [0, 0.1) is 5.82 Å². The van der Waals surface area contributed by atoms with Crippen LogP contribution in [0.15, 0.2) is 146 Å². The van der Waals surface area contributed by atoms with Crippen LogP contribution in [0.4, 0.5) is 4.39 Å². The van der Waals surface area contributed by atoms with Crippen LogP contribution >= 0.6 is 23.2 Å². The van der Waals surface area contributed by atoms with Crippen LogP contribution in [0.2, 0.25) is 10.0 Å². The largest absolute Gasteiger partial charge is 0.497 e. The van der Waals surface area contributed by atoms with Gasteiger partial charge in [0.2, 0.25) is 0 Å². The van der Waals surface area contributed by atoms with E-state index in [0.717, 1.165) is 29.7 Å². The van der Waals surface area contributed by atoms with Crippen molar-refractivity contribution in [3.8, 4) is 17.2 Å². The molecule has 0 bridgehead atoms. The third-order valence-electron chi connectivity index (χ3n) is 9.26. The number of rotatable bonds is 20. The van der Waals surface area contributed by atoms with Crippen molar-refractivity contribution in [3.05, 3.63) is 195 Å². The summed E-state index contributed by atoms with van der Waals surface area (Å²) in [5, 5.41) is 40.4. The molecule has 3 atom stereocenters. The Kier molecular flexibility index (Phi) is 21.8. The molecule has 0 saturated heterocycles. The van der Waals surface area contributed by atoms with Crippen molar-refractivity contribution in [1.29, 1.82) is 0 Å². The van der Waals surface area contributed by atoms with Gasteiger partial charge >= 0.3 is 20.2 Å². The van der Waals surface area contributed by atoms with Gasteiger partial charge in [-0.2, -0.15) is 16.8 Å². The predicted molar refractivity (Wildman–Crippen MR) is 256 cm³/mol. The monoisotopic (exact) mass is 985 g/mol. The molecular formula is C48H54Cl2FN3O10S2. The Hall–Kier alpha value is -5.11. The number of methoxy groups -OCH3 is 1. The Bertz CT molecular complexity index is 2620. The Morgan fingerprint density at radius 3 is 1.39 bits per heavy atom. The zero-order chi connectivity index (χ0) is 48.1. The quantitative estimate of drug-likeness (QED) is 0.0409. The Labute approximate surface area is 396 Å². The molecule has 6 aromatic rings. The standard InChI is InChI=1S/C16H18ClNO4S.C16H18ClNO2.C16H18FNO4S/c1-23(20,21)22-16-8-7-13(9-14(16)17)15(19)11-18-10-12-5-3-2-4-6-12;1-20-13-7-8-14(15(17)9-13)16(19)11-18-10-12-5-3-2-4-6-12;1-23(20,21)22-13-7-8-14(15(17)9-13)16(19)11-18-10-12-5-3-2-4-6-12/h2-9,15,18-19H,10-11H2,1H3;2-9,16,18-19H,10-11H2,1H3;2-9,16,18-19H,10-11H2,1H3. The van der Waals surface area contributed by atoms with Crippen molar-refractivity contribution in [2.75, 3.05) is 39.3 Å². The average Bonchev–Trinajstić information content (AvgIpc) is 3.27.